The number of hydrogen-bond donors (Lipinski definition) is 2. The fourth-order valence-electron chi connectivity index (χ4n) is 2.40. The molecule has 0 atom stereocenters. The van der Waals surface area contributed by atoms with E-state index < -0.39 is 0 Å². The van der Waals surface area contributed by atoms with Gasteiger partial charge in [0, 0.05) is 13.1 Å². The molecule has 0 radical (unpaired) electrons. The molecule has 2 rings (SSSR count). The van der Waals surface area contributed by atoms with E-state index in [1.54, 1.807) is 0 Å². The Balaban J connectivity index is 2.08. The summed E-state index contributed by atoms with van der Waals surface area (Å²) < 4.78 is 1.88. The van der Waals surface area contributed by atoms with Crippen molar-refractivity contribution in [3.05, 3.63) is 5.69 Å². The van der Waals surface area contributed by atoms with Gasteiger partial charge in [-0.05, 0) is 25.2 Å². The third-order valence-electron chi connectivity index (χ3n) is 3.36. The van der Waals surface area contributed by atoms with Crippen LogP contribution in [0.25, 0.3) is 0 Å². The van der Waals surface area contributed by atoms with E-state index in [1.807, 2.05) is 11.7 Å². The van der Waals surface area contributed by atoms with Gasteiger partial charge in [0.1, 0.15) is 5.82 Å². The number of nitrogens with zero attached hydrogens (tertiary/aromatic N) is 2. The number of aromatic nitrogens is 2. The molecule has 0 aliphatic heterocycles. The maximum atomic E-state index is 6.11. The summed E-state index contributed by atoms with van der Waals surface area (Å²) in [6, 6.07) is 0.585. The molecule has 3 N–H and O–H groups in total. The van der Waals surface area contributed by atoms with E-state index in [9.17, 15) is 0 Å². The smallest absolute Gasteiger partial charge is 0.147 e. The average molecular weight is 222 g/mol. The van der Waals surface area contributed by atoms with Crippen molar-refractivity contribution in [3.63, 3.8) is 0 Å². The number of anilines is 2. The van der Waals surface area contributed by atoms with Gasteiger partial charge in [0.05, 0.1) is 11.4 Å². The standard InChI is InChI=1S/C12H22N4/c1-4-5-10-11(13)12(16(3)15-10)14-9-6-8(2)7-9/h8-9,14H,4-7,13H2,1-3H3. The molecule has 0 saturated heterocycles. The minimum Gasteiger partial charge on any atom is -0.394 e. The third-order valence-corrected chi connectivity index (χ3v) is 3.36. The first kappa shape index (κ1) is 11.3. The van der Waals surface area contributed by atoms with Crippen LogP contribution in [0.15, 0.2) is 0 Å². The van der Waals surface area contributed by atoms with Gasteiger partial charge >= 0.3 is 0 Å². The molecule has 0 bridgehead atoms. The van der Waals surface area contributed by atoms with Gasteiger partial charge in [0.15, 0.2) is 0 Å². The lowest BCUT2D eigenvalue weighted by atomic mass is 9.82. The highest BCUT2D eigenvalue weighted by Gasteiger charge is 2.27. The summed E-state index contributed by atoms with van der Waals surface area (Å²) in [5.41, 5.74) is 7.97. The number of rotatable bonds is 4. The zero-order valence-electron chi connectivity index (χ0n) is 10.5. The predicted molar refractivity (Wildman–Crippen MR) is 67.4 cm³/mol. The first-order valence-electron chi connectivity index (χ1n) is 6.19. The topological polar surface area (TPSA) is 55.9 Å². The van der Waals surface area contributed by atoms with Crippen LogP contribution in [0, 0.1) is 5.92 Å². The Labute approximate surface area is 97.2 Å². The molecule has 0 spiro atoms. The van der Waals surface area contributed by atoms with Crippen LogP contribution in [0.3, 0.4) is 0 Å². The Morgan fingerprint density at radius 3 is 2.75 bits per heavy atom. The summed E-state index contributed by atoms with van der Waals surface area (Å²) in [5, 5.41) is 7.96. The Hall–Kier alpha value is -1.19. The zero-order valence-corrected chi connectivity index (χ0v) is 10.5. The molecule has 1 aliphatic carbocycles. The average Bonchev–Trinajstić information content (AvgIpc) is 2.44. The molecule has 0 amide bonds. The van der Waals surface area contributed by atoms with Crippen molar-refractivity contribution >= 4 is 11.5 Å². The lowest BCUT2D eigenvalue weighted by Gasteiger charge is -2.34. The maximum Gasteiger partial charge on any atom is 0.147 e. The molecule has 4 heteroatoms. The summed E-state index contributed by atoms with van der Waals surface area (Å²) >= 11 is 0. The molecule has 90 valence electrons. The second-order valence-corrected chi connectivity index (χ2v) is 5.00. The van der Waals surface area contributed by atoms with E-state index in [1.165, 1.54) is 12.8 Å². The molecular weight excluding hydrogens is 200 g/mol. The second kappa shape index (κ2) is 4.36. The minimum atomic E-state index is 0.585. The van der Waals surface area contributed by atoms with E-state index in [2.05, 4.69) is 24.3 Å². The third kappa shape index (κ3) is 2.01. The molecule has 1 heterocycles. The molecule has 1 aliphatic rings. The van der Waals surface area contributed by atoms with Crippen molar-refractivity contribution in [2.45, 2.75) is 45.6 Å². The largest absolute Gasteiger partial charge is 0.394 e. The van der Waals surface area contributed by atoms with Crippen molar-refractivity contribution in [3.8, 4) is 0 Å². The summed E-state index contributed by atoms with van der Waals surface area (Å²) in [4.78, 5) is 0. The van der Waals surface area contributed by atoms with Gasteiger partial charge in [-0.1, -0.05) is 20.3 Å². The van der Waals surface area contributed by atoms with Gasteiger partial charge in [-0.15, -0.1) is 0 Å². The maximum absolute atomic E-state index is 6.11. The normalized spacial score (nSPS) is 24.2. The second-order valence-electron chi connectivity index (χ2n) is 5.00. The highest BCUT2D eigenvalue weighted by atomic mass is 15.3. The minimum absolute atomic E-state index is 0.585. The molecule has 1 fully saturated rings. The highest BCUT2D eigenvalue weighted by Crippen LogP contribution is 2.32. The summed E-state index contributed by atoms with van der Waals surface area (Å²) in [6.07, 6.45) is 4.53. The van der Waals surface area contributed by atoms with Crippen LogP contribution in [0.1, 0.15) is 38.8 Å². The molecular formula is C12H22N4. The van der Waals surface area contributed by atoms with E-state index in [0.717, 1.165) is 36.0 Å². The van der Waals surface area contributed by atoms with E-state index in [-0.39, 0.29) is 0 Å². The number of nitrogen functional groups attached to an aromatic ring is 1. The molecule has 0 unspecified atom stereocenters. The van der Waals surface area contributed by atoms with Gasteiger partial charge in [-0.2, -0.15) is 5.10 Å². The zero-order chi connectivity index (χ0) is 11.7. The first-order chi connectivity index (χ1) is 7.61. The quantitative estimate of drug-likeness (QED) is 0.821. The predicted octanol–water partition coefficient (Wildman–Crippen LogP) is 2.17. The van der Waals surface area contributed by atoms with E-state index >= 15 is 0 Å². The Bertz CT molecular complexity index is 363. The molecule has 0 aromatic carbocycles. The van der Waals surface area contributed by atoms with Crippen molar-refractivity contribution in [1.29, 1.82) is 0 Å². The summed E-state index contributed by atoms with van der Waals surface area (Å²) in [5.74, 6) is 1.85. The highest BCUT2D eigenvalue weighted by molar-refractivity contribution is 5.65. The first-order valence-corrected chi connectivity index (χ1v) is 6.19. The Morgan fingerprint density at radius 1 is 1.50 bits per heavy atom. The van der Waals surface area contributed by atoms with Crippen molar-refractivity contribution in [1.82, 2.24) is 9.78 Å². The molecule has 1 aromatic rings. The molecule has 16 heavy (non-hydrogen) atoms. The Kier molecular flexibility index (Phi) is 3.08. The van der Waals surface area contributed by atoms with Gasteiger partial charge < -0.3 is 11.1 Å². The van der Waals surface area contributed by atoms with Crippen LogP contribution in [-0.4, -0.2) is 15.8 Å². The number of aryl methyl sites for hydroxylation is 2. The van der Waals surface area contributed by atoms with Crippen molar-refractivity contribution in [2.75, 3.05) is 11.1 Å². The summed E-state index contributed by atoms with van der Waals surface area (Å²) in [7, 11) is 1.96. The lowest BCUT2D eigenvalue weighted by Crippen LogP contribution is -2.34. The van der Waals surface area contributed by atoms with Crippen LogP contribution in [0.5, 0.6) is 0 Å². The Morgan fingerprint density at radius 2 is 2.19 bits per heavy atom. The SMILES string of the molecule is CCCc1nn(C)c(NC2CC(C)C2)c1N. The fraction of sp³-hybridized carbons (Fsp3) is 0.750. The number of nitrogens with two attached hydrogens (primary N) is 1. The van der Waals surface area contributed by atoms with Crippen molar-refractivity contribution in [2.24, 2.45) is 13.0 Å². The fourth-order valence-corrected chi connectivity index (χ4v) is 2.40. The van der Waals surface area contributed by atoms with Crippen LogP contribution in [0.2, 0.25) is 0 Å². The van der Waals surface area contributed by atoms with E-state index in [0.29, 0.717) is 6.04 Å². The lowest BCUT2D eigenvalue weighted by molar-refractivity contribution is 0.308. The van der Waals surface area contributed by atoms with Crippen LogP contribution in [0.4, 0.5) is 11.5 Å². The van der Waals surface area contributed by atoms with Crippen LogP contribution >= 0.6 is 0 Å². The van der Waals surface area contributed by atoms with Crippen molar-refractivity contribution < 1.29 is 0 Å². The van der Waals surface area contributed by atoms with E-state index in [4.69, 9.17) is 5.73 Å². The van der Waals surface area contributed by atoms with Gasteiger partial charge in [0.2, 0.25) is 0 Å². The summed E-state index contributed by atoms with van der Waals surface area (Å²) in [6.45, 7) is 4.43. The van der Waals surface area contributed by atoms with Crippen LogP contribution < -0.4 is 11.1 Å². The van der Waals surface area contributed by atoms with Gasteiger partial charge in [-0.25, -0.2) is 0 Å². The monoisotopic (exact) mass is 222 g/mol. The van der Waals surface area contributed by atoms with Gasteiger partial charge in [0.25, 0.3) is 0 Å². The number of hydrogen-bond acceptors (Lipinski definition) is 3. The molecule has 1 saturated carbocycles. The van der Waals surface area contributed by atoms with Crippen LogP contribution in [-0.2, 0) is 13.5 Å². The molecule has 1 aromatic heterocycles. The number of nitrogens with one attached hydrogen (secondary N) is 1. The van der Waals surface area contributed by atoms with Gasteiger partial charge in [-0.3, -0.25) is 4.68 Å². The molecule has 4 nitrogen and oxygen atoms in total.